The van der Waals surface area contributed by atoms with Crippen molar-refractivity contribution in [2.75, 3.05) is 34.1 Å². The van der Waals surface area contributed by atoms with Gasteiger partial charge in [0, 0.05) is 44.3 Å². The molecule has 0 N–H and O–H groups in total. The third-order valence-corrected chi connectivity index (χ3v) is 5.51. The lowest BCUT2D eigenvalue weighted by Crippen LogP contribution is -2.62. The normalized spacial score (nSPS) is 32.1. The number of cyclic esters (lactones) is 1. The average Bonchev–Trinajstić information content (AvgIpc) is 3.10. The Bertz CT molecular complexity index is 724. The fourth-order valence-electron chi connectivity index (χ4n) is 4.52. The lowest BCUT2D eigenvalue weighted by atomic mass is 9.77. The molecule has 0 unspecified atom stereocenters. The number of carbonyl (C=O) groups is 2. The number of hydrogen-bond donors (Lipinski definition) is 0. The number of rotatable bonds is 3. The number of ether oxygens (including phenoxy) is 4. The molecular formula is C19H27N3O6. The first kappa shape index (κ1) is 20.4. The van der Waals surface area contributed by atoms with E-state index in [4.69, 9.17) is 18.9 Å². The van der Waals surface area contributed by atoms with E-state index in [1.807, 2.05) is 18.1 Å². The highest BCUT2D eigenvalue weighted by molar-refractivity contribution is 5.91. The van der Waals surface area contributed by atoms with Crippen molar-refractivity contribution >= 4 is 12.2 Å². The molecule has 0 bridgehead atoms. The highest BCUT2D eigenvalue weighted by Gasteiger charge is 2.68. The van der Waals surface area contributed by atoms with Crippen molar-refractivity contribution in [3.05, 3.63) is 11.8 Å². The summed E-state index contributed by atoms with van der Waals surface area (Å²) >= 11 is 0. The summed E-state index contributed by atoms with van der Waals surface area (Å²) in [5, 5.41) is 9.62. The molecular weight excluding hydrogens is 366 g/mol. The SMILES string of the molecule is COCO[C@H]1C[C@H]2C(C#N)=CN(C)C[C@H]2[C@]12COC(=O)N2C(=O)OC(C)(C)C. The summed E-state index contributed by atoms with van der Waals surface area (Å²) in [6.07, 6.45) is 0.235. The van der Waals surface area contributed by atoms with Gasteiger partial charge in [-0.1, -0.05) is 0 Å². The summed E-state index contributed by atoms with van der Waals surface area (Å²) in [7, 11) is 3.37. The fourth-order valence-corrected chi connectivity index (χ4v) is 4.52. The van der Waals surface area contributed by atoms with Gasteiger partial charge in [-0.2, -0.15) is 10.2 Å². The molecule has 4 atom stereocenters. The average molecular weight is 393 g/mol. The van der Waals surface area contributed by atoms with E-state index < -0.39 is 29.4 Å². The van der Waals surface area contributed by atoms with Crippen LogP contribution in [-0.4, -0.2) is 73.3 Å². The van der Waals surface area contributed by atoms with Gasteiger partial charge in [-0.3, -0.25) is 0 Å². The maximum absolute atomic E-state index is 13.0. The number of allylic oxidation sites excluding steroid dienone is 1. The lowest BCUT2D eigenvalue weighted by molar-refractivity contribution is -0.115. The lowest BCUT2D eigenvalue weighted by Gasteiger charge is -2.43. The van der Waals surface area contributed by atoms with E-state index in [1.165, 1.54) is 7.11 Å². The molecule has 3 rings (SSSR count). The number of nitriles is 1. The fraction of sp³-hybridized carbons (Fsp3) is 0.737. The van der Waals surface area contributed by atoms with Gasteiger partial charge in [0.25, 0.3) is 0 Å². The number of fused-ring (bicyclic) bond motifs is 2. The number of amides is 2. The first-order valence-corrected chi connectivity index (χ1v) is 9.26. The van der Waals surface area contributed by atoms with E-state index in [1.54, 1.807) is 20.8 Å². The van der Waals surface area contributed by atoms with Crippen LogP contribution in [0.5, 0.6) is 0 Å². The van der Waals surface area contributed by atoms with Crippen molar-refractivity contribution in [1.29, 1.82) is 5.26 Å². The highest BCUT2D eigenvalue weighted by atomic mass is 16.7. The summed E-state index contributed by atoms with van der Waals surface area (Å²) in [6, 6.07) is 2.25. The van der Waals surface area contributed by atoms with Crippen molar-refractivity contribution < 1.29 is 28.5 Å². The molecule has 1 aliphatic carbocycles. The second-order valence-corrected chi connectivity index (χ2v) is 8.51. The van der Waals surface area contributed by atoms with Crippen molar-refractivity contribution in [3.8, 4) is 6.07 Å². The van der Waals surface area contributed by atoms with E-state index >= 15 is 0 Å². The van der Waals surface area contributed by atoms with Crippen LogP contribution in [0.1, 0.15) is 27.2 Å². The molecule has 0 aromatic carbocycles. The zero-order valence-corrected chi connectivity index (χ0v) is 16.9. The minimum atomic E-state index is -1.06. The molecule has 0 aromatic rings. The number of hydrogen-bond acceptors (Lipinski definition) is 8. The molecule has 1 saturated carbocycles. The third-order valence-electron chi connectivity index (χ3n) is 5.51. The van der Waals surface area contributed by atoms with Gasteiger partial charge in [-0.15, -0.1) is 0 Å². The van der Waals surface area contributed by atoms with Crippen LogP contribution in [0.15, 0.2) is 11.8 Å². The van der Waals surface area contributed by atoms with Crippen LogP contribution < -0.4 is 0 Å². The molecule has 9 nitrogen and oxygen atoms in total. The summed E-state index contributed by atoms with van der Waals surface area (Å²) in [6.45, 7) is 5.76. The Morgan fingerprint density at radius 1 is 1.46 bits per heavy atom. The van der Waals surface area contributed by atoms with Crippen molar-refractivity contribution in [2.45, 2.75) is 44.4 Å². The van der Waals surface area contributed by atoms with Crippen LogP contribution in [0.3, 0.4) is 0 Å². The van der Waals surface area contributed by atoms with E-state index in [2.05, 4.69) is 6.07 Å². The minimum Gasteiger partial charge on any atom is -0.446 e. The summed E-state index contributed by atoms with van der Waals surface area (Å²) in [5.74, 6) is -0.375. The van der Waals surface area contributed by atoms with Crippen LogP contribution in [0, 0.1) is 23.2 Å². The molecule has 2 amide bonds. The molecule has 1 spiro atoms. The smallest absolute Gasteiger partial charge is 0.420 e. The largest absolute Gasteiger partial charge is 0.446 e. The molecule has 154 valence electrons. The van der Waals surface area contributed by atoms with Crippen molar-refractivity contribution in [1.82, 2.24) is 9.80 Å². The maximum Gasteiger partial charge on any atom is 0.420 e. The molecule has 9 heteroatoms. The number of methoxy groups -OCH3 is 1. The zero-order chi connectivity index (χ0) is 20.7. The Kier molecular flexibility index (Phi) is 5.30. The molecule has 1 saturated heterocycles. The Hall–Kier alpha value is -2.31. The second-order valence-electron chi connectivity index (χ2n) is 8.51. The van der Waals surface area contributed by atoms with E-state index in [0.29, 0.717) is 18.5 Å². The minimum absolute atomic E-state index is 0.00362. The quantitative estimate of drug-likeness (QED) is 0.672. The standard InChI is InChI=1S/C19H27N3O6/c1-18(2,3)28-17(24)22-16(23)26-10-19(22)14-9-21(4)8-12(7-20)13(14)6-15(19)27-11-25-5/h8,13-15H,6,9-11H2,1-5H3/t13-,14+,15-,19+/m0/s1. The van der Waals surface area contributed by atoms with Gasteiger partial charge in [0.05, 0.1) is 12.2 Å². The topological polar surface area (TPSA) is 101 Å². The highest BCUT2D eigenvalue weighted by Crippen LogP contribution is 2.53. The van der Waals surface area contributed by atoms with Crippen LogP contribution in [0.4, 0.5) is 9.59 Å². The maximum atomic E-state index is 13.0. The van der Waals surface area contributed by atoms with Gasteiger partial charge in [-0.25, -0.2) is 9.59 Å². The molecule has 2 fully saturated rings. The monoisotopic (exact) mass is 393 g/mol. The molecule has 0 aromatic heterocycles. The molecule has 3 aliphatic rings. The Balaban J connectivity index is 2.04. The van der Waals surface area contributed by atoms with Crippen LogP contribution in [0.2, 0.25) is 0 Å². The zero-order valence-electron chi connectivity index (χ0n) is 16.9. The van der Waals surface area contributed by atoms with E-state index in [0.717, 1.165) is 4.90 Å². The molecule has 0 radical (unpaired) electrons. The first-order valence-electron chi connectivity index (χ1n) is 9.26. The van der Waals surface area contributed by atoms with Gasteiger partial charge in [-0.05, 0) is 27.2 Å². The summed E-state index contributed by atoms with van der Waals surface area (Å²) in [5.41, 5.74) is -1.23. The van der Waals surface area contributed by atoms with Gasteiger partial charge in [0.1, 0.15) is 24.5 Å². The predicted molar refractivity (Wildman–Crippen MR) is 96.8 cm³/mol. The van der Waals surface area contributed by atoms with Crippen LogP contribution >= 0.6 is 0 Å². The van der Waals surface area contributed by atoms with Crippen LogP contribution in [-0.2, 0) is 18.9 Å². The number of imide groups is 1. The second kappa shape index (κ2) is 7.26. The number of carbonyl (C=O) groups excluding carboxylic acids is 2. The van der Waals surface area contributed by atoms with Gasteiger partial charge in [0.2, 0.25) is 0 Å². The molecule has 2 heterocycles. The van der Waals surface area contributed by atoms with Gasteiger partial charge < -0.3 is 23.8 Å². The van der Waals surface area contributed by atoms with E-state index in [-0.39, 0.29) is 25.2 Å². The molecule has 2 aliphatic heterocycles. The van der Waals surface area contributed by atoms with E-state index in [9.17, 15) is 14.9 Å². The van der Waals surface area contributed by atoms with Crippen molar-refractivity contribution in [2.24, 2.45) is 11.8 Å². The predicted octanol–water partition coefficient (Wildman–Crippen LogP) is 2.09. The van der Waals surface area contributed by atoms with Gasteiger partial charge >= 0.3 is 12.2 Å². The Morgan fingerprint density at radius 3 is 2.79 bits per heavy atom. The Morgan fingerprint density at radius 2 is 2.18 bits per heavy atom. The number of nitrogens with zero attached hydrogens (tertiary/aromatic N) is 3. The third kappa shape index (κ3) is 3.31. The van der Waals surface area contributed by atoms with Crippen molar-refractivity contribution in [3.63, 3.8) is 0 Å². The summed E-state index contributed by atoms with van der Waals surface area (Å²) in [4.78, 5) is 28.6. The molecule has 28 heavy (non-hydrogen) atoms. The van der Waals surface area contributed by atoms with Gasteiger partial charge in [0.15, 0.2) is 0 Å². The Labute approximate surface area is 164 Å². The summed E-state index contributed by atoms with van der Waals surface area (Å²) < 4.78 is 21.8. The van der Waals surface area contributed by atoms with Crippen LogP contribution in [0.25, 0.3) is 0 Å². The first-order chi connectivity index (χ1) is 13.1.